The lowest BCUT2D eigenvalue weighted by molar-refractivity contribution is -0.136. The summed E-state index contributed by atoms with van der Waals surface area (Å²) < 4.78 is 14.2. The standard InChI is InChI=1S/C14H11FN2O5/c15-11-7(14(21)22)2-1-6-5-17(13(20)10(6)11)8-3-4-9(18)16-12(8)19/h1-2,8H,3-5H2,(H,21,22)(H,16,18,19). The molecule has 1 unspecified atom stereocenters. The Labute approximate surface area is 123 Å². The number of benzene rings is 1. The summed E-state index contributed by atoms with van der Waals surface area (Å²) in [5.41, 5.74) is -0.570. The molecule has 22 heavy (non-hydrogen) atoms. The lowest BCUT2D eigenvalue weighted by atomic mass is 10.0. The maximum absolute atomic E-state index is 14.2. The van der Waals surface area contributed by atoms with Gasteiger partial charge in [-0.05, 0) is 18.1 Å². The van der Waals surface area contributed by atoms with Crippen molar-refractivity contribution in [3.8, 4) is 0 Å². The summed E-state index contributed by atoms with van der Waals surface area (Å²) in [4.78, 5) is 47.4. The number of carbonyl (C=O) groups is 4. The van der Waals surface area contributed by atoms with Gasteiger partial charge in [0.2, 0.25) is 11.8 Å². The van der Waals surface area contributed by atoms with E-state index in [2.05, 4.69) is 5.32 Å². The van der Waals surface area contributed by atoms with Crippen molar-refractivity contribution in [1.29, 1.82) is 0 Å². The van der Waals surface area contributed by atoms with Crippen molar-refractivity contribution >= 4 is 23.7 Å². The summed E-state index contributed by atoms with van der Waals surface area (Å²) in [5, 5.41) is 11.0. The van der Waals surface area contributed by atoms with Crippen LogP contribution < -0.4 is 5.32 Å². The Morgan fingerprint density at radius 3 is 2.68 bits per heavy atom. The third kappa shape index (κ3) is 2.03. The van der Waals surface area contributed by atoms with E-state index in [0.29, 0.717) is 5.56 Å². The van der Waals surface area contributed by atoms with E-state index in [1.54, 1.807) is 0 Å². The third-order valence-corrected chi connectivity index (χ3v) is 3.86. The molecule has 0 aliphatic carbocycles. The van der Waals surface area contributed by atoms with Gasteiger partial charge in [0.15, 0.2) is 5.82 Å². The molecule has 2 heterocycles. The van der Waals surface area contributed by atoms with Gasteiger partial charge in [0.1, 0.15) is 6.04 Å². The Balaban J connectivity index is 1.95. The molecule has 1 atom stereocenters. The highest BCUT2D eigenvalue weighted by Gasteiger charge is 2.41. The van der Waals surface area contributed by atoms with E-state index in [4.69, 9.17) is 5.11 Å². The van der Waals surface area contributed by atoms with Crippen molar-refractivity contribution in [1.82, 2.24) is 10.2 Å². The van der Waals surface area contributed by atoms with Crippen molar-refractivity contribution in [2.75, 3.05) is 0 Å². The number of nitrogens with one attached hydrogen (secondary N) is 1. The number of carbonyl (C=O) groups excluding carboxylic acids is 3. The molecule has 1 aromatic rings. The third-order valence-electron chi connectivity index (χ3n) is 3.86. The van der Waals surface area contributed by atoms with E-state index in [1.165, 1.54) is 11.0 Å². The number of rotatable bonds is 2. The first-order valence-electron chi connectivity index (χ1n) is 6.59. The summed E-state index contributed by atoms with van der Waals surface area (Å²) in [7, 11) is 0. The molecule has 3 rings (SSSR count). The van der Waals surface area contributed by atoms with Crippen LogP contribution in [0.3, 0.4) is 0 Å². The number of imide groups is 1. The number of amides is 3. The predicted molar refractivity (Wildman–Crippen MR) is 69.4 cm³/mol. The summed E-state index contributed by atoms with van der Waals surface area (Å²) in [6.45, 7) is 0.0112. The number of carboxylic acids is 1. The fourth-order valence-electron chi connectivity index (χ4n) is 2.77. The molecular formula is C14H11FN2O5. The molecule has 2 aliphatic heterocycles. The van der Waals surface area contributed by atoms with Gasteiger partial charge in [-0.25, -0.2) is 9.18 Å². The van der Waals surface area contributed by atoms with Gasteiger partial charge in [0.25, 0.3) is 5.91 Å². The smallest absolute Gasteiger partial charge is 0.338 e. The minimum Gasteiger partial charge on any atom is -0.478 e. The van der Waals surface area contributed by atoms with Crippen LogP contribution in [0.1, 0.15) is 39.1 Å². The number of piperidine rings is 1. The molecule has 0 saturated carbocycles. The zero-order chi connectivity index (χ0) is 16.0. The van der Waals surface area contributed by atoms with Crippen molar-refractivity contribution < 1.29 is 28.7 Å². The van der Waals surface area contributed by atoms with Gasteiger partial charge in [-0.2, -0.15) is 0 Å². The van der Waals surface area contributed by atoms with Crippen molar-refractivity contribution in [3.63, 3.8) is 0 Å². The molecule has 0 spiro atoms. The molecule has 1 aromatic carbocycles. The molecule has 8 heteroatoms. The lowest BCUT2D eigenvalue weighted by Crippen LogP contribution is -2.52. The minimum absolute atomic E-state index is 0.0112. The maximum atomic E-state index is 14.2. The van der Waals surface area contributed by atoms with Gasteiger partial charge < -0.3 is 10.0 Å². The van der Waals surface area contributed by atoms with Crippen molar-refractivity contribution in [2.24, 2.45) is 0 Å². The quantitative estimate of drug-likeness (QED) is 0.764. The lowest BCUT2D eigenvalue weighted by Gasteiger charge is -2.29. The molecule has 1 fully saturated rings. The average Bonchev–Trinajstić information content (AvgIpc) is 2.77. The Hall–Kier alpha value is -2.77. The molecule has 2 aliphatic rings. The molecule has 3 amide bonds. The van der Waals surface area contributed by atoms with Crippen molar-refractivity contribution in [3.05, 3.63) is 34.6 Å². The van der Waals surface area contributed by atoms with E-state index in [0.717, 1.165) is 6.07 Å². The number of hydrogen-bond acceptors (Lipinski definition) is 4. The fourth-order valence-corrected chi connectivity index (χ4v) is 2.77. The highest BCUT2D eigenvalue weighted by atomic mass is 19.1. The minimum atomic E-state index is -1.47. The Bertz CT molecular complexity index is 730. The molecule has 2 N–H and O–H groups in total. The molecular weight excluding hydrogens is 295 g/mol. The normalized spacial score (nSPS) is 20.9. The Morgan fingerprint density at radius 2 is 2.05 bits per heavy atom. The molecule has 1 saturated heterocycles. The van der Waals surface area contributed by atoms with Gasteiger partial charge in [0.05, 0.1) is 11.1 Å². The second kappa shape index (κ2) is 4.90. The first kappa shape index (κ1) is 14.2. The van der Waals surface area contributed by atoms with Crippen LogP contribution >= 0.6 is 0 Å². The van der Waals surface area contributed by atoms with Gasteiger partial charge in [-0.15, -0.1) is 0 Å². The number of carboxylic acid groups (broad SMARTS) is 1. The van der Waals surface area contributed by atoms with Crippen LogP contribution in [-0.2, 0) is 16.1 Å². The summed E-state index contributed by atoms with van der Waals surface area (Å²) in [6, 6.07) is 1.61. The number of hydrogen-bond donors (Lipinski definition) is 2. The molecule has 0 bridgehead atoms. The van der Waals surface area contributed by atoms with Gasteiger partial charge in [-0.1, -0.05) is 6.07 Å². The summed E-state index contributed by atoms with van der Waals surface area (Å²) in [5.74, 6) is -4.30. The number of aromatic carboxylic acids is 1. The van der Waals surface area contributed by atoms with Gasteiger partial charge in [-0.3, -0.25) is 19.7 Å². The van der Waals surface area contributed by atoms with E-state index in [9.17, 15) is 23.6 Å². The van der Waals surface area contributed by atoms with Crippen LogP contribution in [0.2, 0.25) is 0 Å². The number of nitrogens with zero attached hydrogens (tertiary/aromatic N) is 1. The van der Waals surface area contributed by atoms with Gasteiger partial charge in [0, 0.05) is 13.0 Å². The Morgan fingerprint density at radius 1 is 1.32 bits per heavy atom. The highest BCUT2D eigenvalue weighted by Crippen LogP contribution is 2.30. The Kier molecular flexibility index (Phi) is 3.16. The van der Waals surface area contributed by atoms with Crippen LogP contribution in [0.4, 0.5) is 4.39 Å². The monoisotopic (exact) mass is 306 g/mol. The molecule has 114 valence electrons. The SMILES string of the molecule is O=C1CCC(N2Cc3ccc(C(=O)O)c(F)c3C2=O)C(=O)N1. The van der Waals surface area contributed by atoms with Crippen LogP contribution in [0, 0.1) is 5.82 Å². The number of fused-ring (bicyclic) bond motifs is 1. The molecule has 0 radical (unpaired) electrons. The maximum Gasteiger partial charge on any atom is 0.338 e. The first-order chi connectivity index (χ1) is 10.4. The zero-order valence-electron chi connectivity index (χ0n) is 11.3. The second-order valence-corrected chi connectivity index (χ2v) is 5.17. The predicted octanol–water partition coefficient (Wildman–Crippen LogP) is 0.285. The van der Waals surface area contributed by atoms with Crippen LogP contribution in [-0.4, -0.2) is 39.7 Å². The average molecular weight is 306 g/mol. The highest BCUT2D eigenvalue weighted by molar-refractivity contribution is 6.06. The largest absolute Gasteiger partial charge is 0.478 e. The topological polar surface area (TPSA) is 104 Å². The van der Waals surface area contributed by atoms with Crippen LogP contribution in [0.25, 0.3) is 0 Å². The molecule has 7 nitrogen and oxygen atoms in total. The van der Waals surface area contributed by atoms with Crippen LogP contribution in [0.5, 0.6) is 0 Å². The van der Waals surface area contributed by atoms with E-state index in [1.807, 2.05) is 0 Å². The molecule has 0 aromatic heterocycles. The number of halogens is 1. The second-order valence-electron chi connectivity index (χ2n) is 5.17. The first-order valence-corrected chi connectivity index (χ1v) is 6.59. The van der Waals surface area contributed by atoms with Crippen LogP contribution in [0.15, 0.2) is 12.1 Å². The zero-order valence-corrected chi connectivity index (χ0v) is 11.3. The van der Waals surface area contributed by atoms with Gasteiger partial charge >= 0.3 is 5.97 Å². The summed E-state index contributed by atoms with van der Waals surface area (Å²) in [6.07, 6.45) is 0.261. The van der Waals surface area contributed by atoms with E-state index >= 15 is 0 Å². The van der Waals surface area contributed by atoms with Crippen molar-refractivity contribution in [2.45, 2.75) is 25.4 Å². The van der Waals surface area contributed by atoms with E-state index < -0.39 is 41.1 Å². The summed E-state index contributed by atoms with van der Waals surface area (Å²) >= 11 is 0. The van der Waals surface area contributed by atoms with E-state index in [-0.39, 0.29) is 24.9 Å². The fraction of sp³-hybridized carbons (Fsp3) is 0.286.